The number of aromatic nitrogens is 2. The lowest BCUT2D eigenvalue weighted by molar-refractivity contribution is 0.0948. The number of aryl methyl sites for hydroxylation is 1. The van der Waals surface area contributed by atoms with E-state index in [4.69, 9.17) is 9.47 Å². The first-order valence-electron chi connectivity index (χ1n) is 10.2. The highest BCUT2D eigenvalue weighted by atomic mass is 32.2. The molecule has 172 valence electrons. The minimum Gasteiger partial charge on any atom is -0.497 e. The van der Waals surface area contributed by atoms with Crippen molar-refractivity contribution in [3.05, 3.63) is 51.7 Å². The van der Waals surface area contributed by atoms with Gasteiger partial charge in [0, 0.05) is 43.4 Å². The van der Waals surface area contributed by atoms with Crippen LogP contribution in [-0.4, -0.2) is 61.7 Å². The van der Waals surface area contributed by atoms with Gasteiger partial charge in [-0.3, -0.25) is 9.59 Å². The lowest BCUT2D eigenvalue weighted by Crippen LogP contribution is -2.36. The first-order chi connectivity index (χ1) is 15.2. The molecule has 1 aromatic heterocycles. The molecule has 0 unspecified atom stereocenters. The third-order valence-electron chi connectivity index (χ3n) is 6.26. The molecule has 1 atom stereocenters. The van der Waals surface area contributed by atoms with Crippen LogP contribution in [0.1, 0.15) is 34.6 Å². The van der Waals surface area contributed by atoms with Gasteiger partial charge in [-0.15, -0.1) is 0 Å². The van der Waals surface area contributed by atoms with Gasteiger partial charge in [0.05, 0.1) is 20.5 Å². The van der Waals surface area contributed by atoms with E-state index in [1.807, 2.05) is 0 Å². The van der Waals surface area contributed by atoms with E-state index >= 15 is 0 Å². The monoisotopic (exact) mass is 462 g/mol. The van der Waals surface area contributed by atoms with Crippen molar-refractivity contribution in [2.75, 3.05) is 33.6 Å². The molecule has 10 nitrogen and oxygen atoms in total. The van der Waals surface area contributed by atoms with Gasteiger partial charge in [0.25, 0.3) is 11.5 Å². The molecule has 1 aromatic carbocycles. The molecule has 1 N–H and O–H groups in total. The molecule has 1 fully saturated rings. The molecule has 3 heterocycles. The highest BCUT2D eigenvalue weighted by Crippen LogP contribution is 2.41. The highest BCUT2D eigenvalue weighted by molar-refractivity contribution is 7.88. The van der Waals surface area contributed by atoms with E-state index in [9.17, 15) is 18.0 Å². The number of nitrogens with zero attached hydrogens (tertiary/aromatic N) is 3. The van der Waals surface area contributed by atoms with Crippen LogP contribution in [0.15, 0.2) is 29.2 Å². The molecule has 0 aliphatic carbocycles. The second-order valence-corrected chi connectivity index (χ2v) is 10.2. The van der Waals surface area contributed by atoms with E-state index < -0.39 is 26.9 Å². The fourth-order valence-corrected chi connectivity index (χ4v) is 5.39. The molecule has 2 aliphatic heterocycles. The van der Waals surface area contributed by atoms with Gasteiger partial charge < -0.3 is 19.4 Å². The lowest BCUT2D eigenvalue weighted by Gasteiger charge is -2.22. The van der Waals surface area contributed by atoms with E-state index in [1.54, 1.807) is 29.9 Å². The molecule has 0 radical (unpaired) electrons. The molecule has 2 aromatic rings. The summed E-state index contributed by atoms with van der Waals surface area (Å²) in [5.41, 5.74) is -0.443. The summed E-state index contributed by atoms with van der Waals surface area (Å²) in [5.74, 6) is 1.24. The van der Waals surface area contributed by atoms with Crippen LogP contribution < -0.4 is 20.3 Å². The maximum Gasteiger partial charge on any atom is 0.285 e. The van der Waals surface area contributed by atoms with Gasteiger partial charge >= 0.3 is 0 Å². The number of ether oxygens (including phenoxy) is 2. The second kappa shape index (κ2) is 8.21. The third kappa shape index (κ3) is 3.97. The summed E-state index contributed by atoms with van der Waals surface area (Å²) in [4.78, 5) is 29.7. The molecule has 2 aliphatic rings. The van der Waals surface area contributed by atoms with Crippen molar-refractivity contribution in [1.29, 1.82) is 0 Å². The Balaban J connectivity index is 1.55. The van der Waals surface area contributed by atoms with Crippen LogP contribution in [0.25, 0.3) is 0 Å². The van der Waals surface area contributed by atoms with Crippen LogP contribution in [0.2, 0.25) is 0 Å². The maximum atomic E-state index is 12.8. The number of nitrogens with one attached hydrogen (secondary N) is 1. The van der Waals surface area contributed by atoms with Crippen LogP contribution in [0.3, 0.4) is 0 Å². The summed E-state index contributed by atoms with van der Waals surface area (Å²) in [5, 5.41) is 2.75. The topological polar surface area (TPSA) is 120 Å². The van der Waals surface area contributed by atoms with Crippen molar-refractivity contribution < 1.29 is 22.7 Å². The highest BCUT2D eigenvalue weighted by Gasteiger charge is 2.48. The average molecular weight is 463 g/mol. The molecule has 32 heavy (non-hydrogen) atoms. The van der Waals surface area contributed by atoms with Gasteiger partial charge in [0.15, 0.2) is 0 Å². The van der Waals surface area contributed by atoms with Crippen LogP contribution in [0, 0.1) is 0 Å². The molecule has 4 rings (SSSR count). The summed E-state index contributed by atoms with van der Waals surface area (Å²) >= 11 is 0. The zero-order chi connectivity index (χ0) is 23.1. The van der Waals surface area contributed by atoms with E-state index in [2.05, 4.69) is 10.3 Å². The predicted octanol–water partition coefficient (Wildman–Crippen LogP) is 0.497. The van der Waals surface area contributed by atoms with E-state index in [0.717, 1.165) is 0 Å². The number of hydrogen-bond donors (Lipinski definition) is 1. The van der Waals surface area contributed by atoms with Crippen molar-refractivity contribution in [2.24, 2.45) is 0 Å². The zero-order valence-corrected chi connectivity index (χ0v) is 19.1. The summed E-state index contributed by atoms with van der Waals surface area (Å²) in [6.45, 7) is 1.43. The second-order valence-electron chi connectivity index (χ2n) is 8.21. The quantitative estimate of drug-likeness (QED) is 0.664. The van der Waals surface area contributed by atoms with Crippen LogP contribution in [0.4, 0.5) is 0 Å². The Morgan fingerprint density at radius 3 is 2.62 bits per heavy atom. The van der Waals surface area contributed by atoms with Gasteiger partial charge in [0.2, 0.25) is 10.0 Å². The zero-order valence-electron chi connectivity index (χ0n) is 18.3. The van der Waals surface area contributed by atoms with E-state index in [-0.39, 0.29) is 12.1 Å². The van der Waals surface area contributed by atoms with E-state index in [0.29, 0.717) is 55.4 Å². The number of carbonyl (C=O) groups excluding carboxylic acids is 1. The molecule has 1 saturated heterocycles. The molecule has 1 amide bonds. The predicted molar refractivity (Wildman–Crippen MR) is 117 cm³/mol. The van der Waals surface area contributed by atoms with Gasteiger partial charge in [-0.25, -0.2) is 12.7 Å². The van der Waals surface area contributed by atoms with Gasteiger partial charge in [-0.1, -0.05) is 0 Å². The SMILES string of the molecule is COc1ccc(OC)c(CNC(=O)c2cn3c(nc2=O)[C@]2(CCN(S(C)(=O)=O)C2)CC3)c1. The van der Waals surface area contributed by atoms with E-state index in [1.165, 1.54) is 23.9 Å². The number of carbonyl (C=O) groups is 1. The smallest absolute Gasteiger partial charge is 0.285 e. The Labute approximate surface area is 186 Å². The minimum absolute atomic E-state index is 0.0503. The van der Waals surface area contributed by atoms with Crippen LogP contribution >= 0.6 is 0 Å². The number of rotatable bonds is 6. The first kappa shape index (κ1) is 22.3. The molecular formula is C21H26N4O6S. The Morgan fingerprint density at radius 1 is 1.22 bits per heavy atom. The largest absolute Gasteiger partial charge is 0.497 e. The Morgan fingerprint density at radius 2 is 1.97 bits per heavy atom. The van der Waals surface area contributed by atoms with Gasteiger partial charge in [-0.05, 0) is 31.0 Å². The van der Waals surface area contributed by atoms with Gasteiger partial charge in [0.1, 0.15) is 22.9 Å². The molecule has 0 bridgehead atoms. The van der Waals surface area contributed by atoms with Crippen LogP contribution in [0.5, 0.6) is 11.5 Å². The number of fused-ring (bicyclic) bond motifs is 2. The summed E-state index contributed by atoms with van der Waals surface area (Å²) in [6.07, 6.45) is 4.00. The fourth-order valence-electron chi connectivity index (χ4n) is 4.48. The Kier molecular flexibility index (Phi) is 5.72. The normalized spacial score (nSPS) is 20.3. The molecular weight excluding hydrogens is 436 g/mol. The van der Waals surface area contributed by atoms with Crippen molar-refractivity contribution in [3.63, 3.8) is 0 Å². The summed E-state index contributed by atoms with van der Waals surface area (Å²) in [6, 6.07) is 5.25. The first-order valence-corrected chi connectivity index (χ1v) is 12.1. The fraction of sp³-hybridized carbons (Fsp3) is 0.476. The standard InChI is InChI=1S/C21H26N4O6S/c1-30-15-4-5-17(31-2)14(10-15)11-22-18(26)16-12-24-8-6-21(20(24)23-19(16)27)7-9-25(13-21)32(3,28)29/h4-5,10,12H,6-9,11,13H2,1-3H3,(H,22,26)/t21-/m0/s1. The lowest BCUT2D eigenvalue weighted by atomic mass is 9.85. The Bertz CT molecular complexity index is 1230. The molecule has 1 spiro atoms. The number of hydrogen-bond acceptors (Lipinski definition) is 7. The van der Waals surface area contributed by atoms with Gasteiger partial charge in [-0.2, -0.15) is 4.98 Å². The number of methoxy groups -OCH3 is 2. The average Bonchev–Trinajstić information content (AvgIpc) is 3.36. The number of amides is 1. The summed E-state index contributed by atoms with van der Waals surface area (Å²) < 4.78 is 37.6. The third-order valence-corrected chi connectivity index (χ3v) is 7.51. The summed E-state index contributed by atoms with van der Waals surface area (Å²) in [7, 11) is -0.225. The van der Waals surface area contributed by atoms with Crippen LogP contribution in [-0.2, 0) is 28.5 Å². The van der Waals surface area contributed by atoms with Crippen molar-refractivity contribution in [2.45, 2.75) is 31.3 Å². The number of sulfonamides is 1. The number of benzene rings is 1. The molecule has 0 saturated carbocycles. The van der Waals surface area contributed by atoms with Crippen molar-refractivity contribution in [1.82, 2.24) is 19.2 Å². The van der Waals surface area contributed by atoms with Crippen molar-refractivity contribution >= 4 is 15.9 Å². The Hall–Kier alpha value is -2.92. The maximum absolute atomic E-state index is 12.8. The molecule has 11 heteroatoms. The van der Waals surface area contributed by atoms with Crippen molar-refractivity contribution in [3.8, 4) is 11.5 Å². The minimum atomic E-state index is -3.31.